The van der Waals surface area contributed by atoms with Crippen molar-refractivity contribution >= 4 is 23.5 Å². The third-order valence-corrected chi connectivity index (χ3v) is 11.7. The summed E-state index contributed by atoms with van der Waals surface area (Å²) in [6.07, 6.45) is 26.0. The minimum absolute atomic E-state index is 0.160. The Balaban J connectivity index is 4.35. The van der Waals surface area contributed by atoms with Crippen LogP contribution >= 0.6 is 23.5 Å². The van der Waals surface area contributed by atoms with E-state index >= 15 is 0 Å². The second kappa shape index (κ2) is 21.0. The summed E-state index contributed by atoms with van der Waals surface area (Å²) in [5.74, 6) is 3.61. The van der Waals surface area contributed by atoms with Crippen molar-refractivity contribution in [1.29, 1.82) is 0 Å². The van der Waals surface area contributed by atoms with Crippen LogP contribution in [0, 0.1) is 23.2 Å². The summed E-state index contributed by atoms with van der Waals surface area (Å²) in [6.45, 7) is 26.0. The van der Waals surface area contributed by atoms with E-state index in [0.29, 0.717) is 10.7 Å². The molecule has 0 saturated heterocycles. The first-order valence-corrected chi connectivity index (χ1v) is 18.3. The molecule has 0 aromatic heterocycles. The highest BCUT2D eigenvalue weighted by atomic mass is 32.2. The quantitative estimate of drug-likeness (QED) is 0.0862. The molecule has 37 heavy (non-hydrogen) atoms. The van der Waals surface area contributed by atoms with E-state index in [1.807, 2.05) is 11.8 Å². The van der Waals surface area contributed by atoms with Gasteiger partial charge in [-0.05, 0) is 74.7 Å². The number of allylic oxidation sites excluding steroid dienone is 3. The Hall–Kier alpha value is 0.180. The lowest BCUT2D eigenvalue weighted by Gasteiger charge is -2.32. The maximum Gasteiger partial charge on any atom is 0.0104 e. The van der Waals surface area contributed by atoms with Crippen molar-refractivity contribution in [2.24, 2.45) is 23.2 Å². The second-order valence-corrected chi connectivity index (χ2v) is 15.9. The van der Waals surface area contributed by atoms with Crippen molar-refractivity contribution in [1.82, 2.24) is 0 Å². The molecule has 0 heterocycles. The minimum atomic E-state index is 0.160. The van der Waals surface area contributed by atoms with Crippen LogP contribution in [0.25, 0.3) is 0 Å². The third kappa shape index (κ3) is 16.8. The van der Waals surface area contributed by atoms with Crippen molar-refractivity contribution in [2.45, 2.75) is 162 Å². The molecule has 2 heteroatoms. The summed E-state index contributed by atoms with van der Waals surface area (Å²) in [6, 6.07) is 0. The largest absolute Gasteiger partial charge is 0.159 e. The molecule has 0 aromatic rings. The molecule has 4 atom stereocenters. The first kappa shape index (κ1) is 37.2. The first-order valence-electron chi connectivity index (χ1n) is 16.0. The van der Waals surface area contributed by atoms with Crippen molar-refractivity contribution < 1.29 is 0 Å². The highest BCUT2D eigenvalue weighted by Gasteiger charge is 2.26. The molecule has 0 spiro atoms. The molecule has 0 amide bonds. The van der Waals surface area contributed by atoms with Crippen molar-refractivity contribution in [3.8, 4) is 0 Å². The van der Waals surface area contributed by atoms with Gasteiger partial charge in [-0.1, -0.05) is 132 Å². The first-order chi connectivity index (χ1) is 17.5. The van der Waals surface area contributed by atoms with Crippen LogP contribution in [0.2, 0.25) is 0 Å². The zero-order valence-corrected chi connectivity index (χ0v) is 28.7. The number of hydrogen-bond acceptors (Lipinski definition) is 2. The molecular weight excluding hydrogens is 485 g/mol. The normalized spacial score (nSPS) is 16.7. The lowest BCUT2D eigenvalue weighted by atomic mass is 9.76. The van der Waals surface area contributed by atoms with Gasteiger partial charge in [0.15, 0.2) is 0 Å². The molecule has 220 valence electrons. The van der Waals surface area contributed by atoms with Crippen molar-refractivity contribution in [2.75, 3.05) is 12.0 Å². The van der Waals surface area contributed by atoms with Gasteiger partial charge in [0.2, 0.25) is 0 Å². The molecule has 0 fully saturated rings. The number of hydrogen-bond donors (Lipinski definition) is 0. The Labute approximate surface area is 244 Å². The predicted octanol–water partition coefficient (Wildman–Crippen LogP) is 12.8. The molecule has 0 aliphatic carbocycles. The topological polar surface area (TPSA) is 0 Å². The van der Waals surface area contributed by atoms with Crippen LogP contribution in [-0.4, -0.2) is 22.0 Å². The average molecular weight is 553 g/mol. The summed E-state index contributed by atoms with van der Waals surface area (Å²) in [5, 5.41) is 0.791. The number of thioether (sulfide) groups is 2. The summed E-state index contributed by atoms with van der Waals surface area (Å²) in [7, 11) is 0. The maximum absolute atomic E-state index is 4.54. The standard InChI is InChI=1S/C35H68S2/c1-12-15-16-21-24-33(28-34(8,9)36-11)31(7)37-27-22-19-17-18-20-23-30(6)35(10,14-3)26-25-32(13-2)29(4)5/h25-26,29,31-33H,6,12-24,27-28H2,1-5,7-11H3/b26-25-. The summed E-state index contributed by atoms with van der Waals surface area (Å²) in [4.78, 5) is 0. The fourth-order valence-corrected chi connectivity index (χ4v) is 6.99. The molecule has 0 radical (unpaired) electrons. The highest BCUT2D eigenvalue weighted by Crippen LogP contribution is 2.37. The molecule has 0 bridgehead atoms. The molecule has 0 saturated carbocycles. The van der Waals surface area contributed by atoms with Gasteiger partial charge in [0.05, 0.1) is 0 Å². The van der Waals surface area contributed by atoms with Gasteiger partial charge in [0.25, 0.3) is 0 Å². The Morgan fingerprint density at radius 3 is 2.05 bits per heavy atom. The summed E-state index contributed by atoms with van der Waals surface area (Å²) in [5.41, 5.74) is 1.60. The Bertz CT molecular complexity index is 590. The van der Waals surface area contributed by atoms with Crippen molar-refractivity contribution in [3.63, 3.8) is 0 Å². The van der Waals surface area contributed by atoms with Gasteiger partial charge >= 0.3 is 0 Å². The molecule has 0 aromatic carbocycles. The molecular formula is C35H68S2. The van der Waals surface area contributed by atoms with E-state index in [4.69, 9.17) is 0 Å². The molecule has 0 nitrogen and oxygen atoms in total. The van der Waals surface area contributed by atoms with Crippen LogP contribution in [0.4, 0.5) is 0 Å². The van der Waals surface area contributed by atoms with Gasteiger partial charge in [-0.2, -0.15) is 23.5 Å². The van der Waals surface area contributed by atoms with Gasteiger partial charge in [0.1, 0.15) is 0 Å². The lowest BCUT2D eigenvalue weighted by Crippen LogP contribution is -2.25. The SMILES string of the molecule is C=C(CCCCCCCSC(C)C(CCCCCC)CC(C)(C)SC)C(C)(/C=C\C(CC)C(C)C)CC. The fourth-order valence-electron chi connectivity index (χ4n) is 5.36. The summed E-state index contributed by atoms with van der Waals surface area (Å²) < 4.78 is 0.407. The second-order valence-electron chi connectivity index (χ2n) is 12.9. The molecule has 4 unspecified atom stereocenters. The molecule has 0 aliphatic rings. The van der Waals surface area contributed by atoms with Crippen LogP contribution in [0.1, 0.15) is 152 Å². The monoisotopic (exact) mass is 552 g/mol. The Morgan fingerprint density at radius 1 is 0.865 bits per heavy atom. The van der Waals surface area contributed by atoms with E-state index in [1.54, 1.807) is 0 Å². The van der Waals surface area contributed by atoms with Crippen molar-refractivity contribution in [3.05, 3.63) is 24.3 Å². The summed E-state index contributed by atoms with van der Waals surface area (Å²) >= 11 is 4.30. The van der Waals surface area contributed by atoms with Crippen LogP contribution in [0.3, 0.4) is 0 Å². The fraction of sp³-hybridized carbons (Fsp3) is 0.886. The van der Waals surface area contributed by atoms with Gasteiger partial charge < -0.3 is 0 Å². The van der Waals surface area contributed by atoms with E-state index in [2.05, 4.69) is 99.1 Å². The van der Waals surface area contributed by atoms with E-state index < -0.39 is 0 Å². The average Bonchev–Trinajstić information content (AvgIpc) is 2.86. The van der Waals surface area contributed by atoms with Crippen LogP contribution in [0.5, 0.6) is 0 Å². The van der Waals surface area contributed by atoms with Crippen LogP contribution in [-0.2, 0) is 0 Å². The third-order valence-electron chi connectivity index (χ3n) is 8.98. The van der Waals surface area contributed by atoms with Gasteiger partial charge in [0, 0.05) is 15.4 Å². The van der Waals surface area contributed by atoms with E-state index in [1.165, 1.54) is 94.8 Å². The van der Waals surface area contributed by atoms with Gasteiger partial charge in [-0.3, -0.25) is 0 Å². The maximum atomic E-state index is 4.54. The molecule has 0 N–H and O–H groups in total. The molecule has 0 aliphatic heterocycles. The highest BCUT2D eigenvalue weighted by molar-refractivity contribution is 8.00. The van der Waals surface area contributed by atoms with E-state index in [0.717, 1.165) is 23.5 Å². The predicted molar refractivity (Wildman–Crippen MR) is 179 cm³/mol. The zero-order valence-electron chi connectivity index (χ0n) is 27.1. The van der Waals surface area contributed by atoms with E-state index in [-0.39, 0.29) is 5.41 Å². The lowest BCUT2D eigenvalue weighted by molar-refractivity contribution is 0.388. The smallest absolute Gasteiger partial charge is 0.0104 e. The Kier molecular flexibility index (Phi) is 21.1. The van der Waals surface area contributed by atoms with Gasteiger partial charge in [-0.25, -0.2) is 0 Å². The number of unbranched alkanes of at least 4 members (excludes halogenated alkanes) is 7. The van der Waals surface area contributed by atoms with E-state index in [9.17, 15) is 0 Å². The zero-order chi connectivity index (χ0) is 28.3. The van der Waals surface area contributed by atoms with Gasteiger partial charge in [-0.15, -0.1) is 0 Å². The van der Waals surface area contributed by atoms with Crippen LogP contribution in [0.15, 0.2) is 24.3 Å². The van der Waals surface area contributed by atoms with Crippen LogP contribution < -0.4 is 0 Å². The molecule has 0 rings (SSSR count). The number of rotatable bonds is 24. The minimum Gasteiger partial charge on any atom is -0.159 e. The Morgan fingerprint density at radius 2 is 1.49 bits per heavy atom.